The molecular weight excluding hydrogens is 393 g/mol. The van der Waals surface area contributed by atoms with Gasteiger partial charge in [0.25, 0.3) is 5.91 Å². The van der Waals surface area contributed by atoms with Gasteiger partial charge in [-0.2, -0.15) is 0 Å². The molecule has 1 fully saturated rings. The van der Waals surface area contributed by atoms with Gasteiger partial charge in [0.05, 0.1) is 25.4 Å². The molecule has 152 valence electrons. The van der Waals surface area contributed by atoms with E-state index in [9.17, 15) is 9.18 Å². The average Bonchev–Trinajstić information content (AvgIpc) is 2.78. The Balaban J connectivity index is 1.49. The number of anilines is 1. The van der Waals surface area contributed by atoms with Gasteiger partial charge in [0, 0.05) is 19.6 Å². The predicted molar refractivity (Wildman–Crippen MR) is 111 cm³/mol. The molecule has 0 unspecified atom stereocenters. The van der Waals surface area contributed by atoms with Gasteiger partial charge in [0.1, 0.15) is 11.6 Å². The minimum absolute atomic E-state index is 0.0610. The van der Waals surface area contributed by atoms with Gasteiger partial charge in [-0.15, -0.1) is 0 Å². The fourth-order valence-electron chi connectivity index (χ4n) is 3.42. The fourth-order valence-corrected chi connectivity index (χ4v) is 3.66. The number of para-hydroxylation sites is 2. The first-order valence-corrected chi connectivity index (χ1v) is 9.94. The zero-order valence-corrected chi connectivity index (χ0v) is 16.7. The van der Waals surface area contributed by atoms with Crippen LogP contribution in [-0.4, -0.2) is 54.9 Å². The Bertz CT molecular complexity index is 887. The SMILES string of the molecule is O=C([C@H]1CN(C(=S)NCc2ccc(F)cc2)c2ccccc2O1)N1CCOCC1. The summed E-state index contributed by atoms with van der Waals surface area (Å²) in [5.74, 6) is 0.285. The van der Waals surface area contributed by atoms with Gasteiger partial charge in [-0.3, -0.25) is 4.79 Å². The van der Waals surface area contributed by atoms with Crippen molar-refractivity contribution in [1.29, 1.82) is 0 Å². The van der Waals surface area contributed by atoms with E-state index in [4.69, 9.17) is 21.7 Å². The van der Waals surface area contributed by atoms with E-state index in [-0.39, 0.29) is 11.7 Å². The van der Waals surface area contributed by atoms with E-state index in [1.165, 1.54) is 12.1 Å². The maximum Gasteiger partial charge on any atom is 0.265 e. The number of morpholine rings is 1. The van der Waals surface area contributed by atoms with E-state index in [1.807, 2.05) is 29.2 Å². The smallest absolute Gasteiger partial charge is 0.265 e. The highest BCUT2D eigenvalue weighted by atomic mass is 32.1. The molecule has 1 atom stereocenters. The van der Waals surface area contributed by atoms with Crippen LogP contribution >= 0.6 is 12.2 Å². The van der Waals surface area contributed by atoms with Crippen LogP contribution in [0.1, 0.15) is 5.56 Å². The van der Waals surface area contributed by atoms with E-state index in [1.54, 1.807) is 17.0 Å². The van der Waals surface area contributed by atoms with Crippen LogP contribution in [0.25, 0.3) is 0 Å². The lowest BCUT2D eigenvalue weighted by atomic mass is 10.1. The van der Waals surface area contributed by atoms with Gasteiger partial charge in [0.15, 0.2) is 11.2 Å². The minimum Gasteiger partial charge on any atom is -0.476 e. The number of rotatable bonds is 3. The normalized spacial score (nSPS) is 18.6. The van der Waals surface area contributed by atoms with Crippen LogP contribution in [0, 0.1) is 5.82 Å². The van der Waals surface area contributed by atoms with Gasteiger partial charge in [-0.1, -0.05) is 24.3 Å². The molecule has 0 bridgehead atoms. The molecule has 1 amide bonds. The van der Waals surface area contributed by atoms with Crippen LogP contribution in [0.4, 0.5) is 10.1 Å². The van der Waals surface area contributed by atoms with E-state index < -0.39 is 6.10 Å². The van der Waals surface area contributed by atoms with E-state index in [0.29, 0.717) is 50.3 Å². The third kappa shape index (κ3) is 4.49. The standard InChI is InChI=1S/C21H22FN3O3S/c22-16-7-5-15(6-8-16)13-23-21(29)25-14-19(20(26)24-9-11-27-12-10-24)28-18-4-2-1-3-17(18)25/h1-8,19H,9-14H2,(H,23,29)/t19-/m1/s1. The van der Waals surface area contributed by atoms with Crippen LogP contribution in [0.2, 0.25) is 0 Å². The number of amides is 1. The number of carbonyl (C=O) groups excluding carboxylic acids is 1. The van der Waals surface area contributed by atoms with Gasteiger partial charge in [-0.25, -0.2) is 4.39 Å². The van der Waals surface area contributed by atoms with Crippen LogP contribution in [0.5, 0.6) is 5.75 Å². The number of thiocarbonyl (C=S) groups is 1. The Kier molecular flexibility index (Phi) is 5.92. The van der Waals surface area contributed by atoms with Crippen molar-refractivity contribution in [3.05, 3.63) is 59.9 Å². The quantitative estimate of drug-likeness (QED) is 0.777. The number of halogens is 1. The summed E-state index contributed by atoms with van der Waals surface area (Å²) in [6.07, 6.45) is -0.645. The first kappa shape index (κ1) is 19.6. The minimum atomic E-state index is -0.645. The molecule has 0 radical (unpaired) electrons. The van der Waals surface area contributed by atoms with E-state index in [0.717, 1.165) is 11.3 Å². The lowest BCUT2D eigenvalue weighted by Crippen LogP contribution is -2.55. The highest BCUT2D eigenvalue weighted by Crippen LogP contribution is 2.33. The second-order valence-corrected chi connectivity index (χ2v) is 7.29. The number of nitrogens with one attached hydrogen (secondary N) is 1. The predicted octanol–water partition coefficient (Wildman–Crippen LogP) is 2.33. The number of carbonyl (C=O) groups is 1. The van der Waals surface area contributed by atoms with Crippen molar-refractivity contribution < 1.29 is 18.7 Å². The van der Waals surface area contributed by atoms with Crippen LogP contribution in [0.3, 0.4) is 0 Å². The summed E-state index contributed by atoms with van der Waals surface area (Å²) in [5.41, 5.74) is 1.73. The van der Waals surface area contributed by atoms with Gasteiger partial charge in [0.2, 0.25) is 0 Å². The number of fused-ring (bicyclic) bond motifs is 1. The van der Waals surface area contributed by atoms with Crippen LogP contribution in [0.15, 0.2) is 48.5 Å². The molecule has 29 heavy (non-hydrogen) atoms. The lowest BCUT2D eigenvalue weighted by Gasteiger charge is -2.38. The second-order valence-electron chi connectivity index (χ2n) is 6.91. The number of benzene rings is 2. The summed E-state index contributed by atoms with van der Waals surface area (Å²) in [6.45, 7) is 2.98. The highest BCUT2D eigenvalue weighted by Gasteiger charge is 2.35. The van der Waals surface area contributed by atoms with Crippen molar-refractivity contribution in [3.63, 3.8) is 0 Å². The van der Waals surface area contributed by atoms with Crippen molar-refractivity contribution in [2.24, 2.45) is 0 Å². The zero-order valence-electron chi connectivity index (χ0n) is 15.8. The second kappa shape index (κ2) is 8.75. The number of ether oxygens (including phenoxy) is 2. The molecule has 1 N–H and O–H groups in total. The Morgan fingerprint density at radius 2 is 1.86 bits per heavy atom. The monoisotopic (exact) mass is 415 g/mol. The number of nitrogens with zero attached hydrogens (tertiary/aromatic N) is 2. The molecule has 2 aliphatic heterocycles. The summed E-state index contributed by atoms with van der Waals surface area (Å²) < 4.78 is 24.4. The molecule has 2 aromatic rings. The summed E-state index contributed by atoms with van der Waals surface area (Å²) in [5, 5.41) is 3.69. The van der Waals surface area contributed by atoms with Crippen molar-refractivity contribution in [3.8, 4) is 5.75 Å². The Morgan fingerprint density at radius 1 is 1.14 bits per heavy atom. The molecule has 4 rings (SSSR count). The maximum absolute atomic E-state index is 13.1. The molecule has 2 aromatic carbocycles. The number of hydrogen-bond donors (Lipinski definition) is 1. The average molecular weight is 415 g/mol. The molecule has 2 aliphatic rings. The van der Waals surface area contributed by atoms with Crippen molar-refractivity contribution in [2.75, 3.05) is 37.7 Å². The molecule has 0 spiro atoms. The van der Waals surface area contributed by atoms with Crippen LogP contribution in [-0.2, 0) is 16.1 Å². The fraction of sp³-hybridized carbons (Fsp3) is 0.333. The maximum atomic E-state index is 13.1. The Hall–Kier alpha value is -2.71. The molecule has 0 aliphatic carbocycles. The van der Waals surface area contributed by atoms with Crippen molar-refractivity contribution >= 4 is 28.9 Å². The summed E-state index contributed by atoms with van der Waals surface area (Å²) in [4.78, 5) is 16.6. The first-order valence-electron chi connectivity index (χ1n) is 9.54. The topological polar surface area (TPSA) is 54.0 Å². The Labute approximate surface area is 174 Å². The molecule has 6 nitrogen and oxygen atoms in total. The first-order chi connectivity index (χ1) is 14.1. The number of hydrogen-bond acceptors (Lipinski definition) is 4. The largest absolute Gasteiger partial charge is 0.476 e. The van der Waals surface area contributed by atoms with Gasteiger partial charge >= 0.3 is 0 Å². The molecule has 1 saturated heterocycles. The summed E-state index contributed by atoms with van der Waals surface area (Å²) in [7, 11) is 0. The van der Waals surface area contributed by atoms with Gasteiger partial charge < -0.3 is 24.6 Å². The van der Waals surface area contributed by atoms with Crippen molar-refractivity contribution in [2.45, 2.75) is 12.6 Å². The summed E-state index contributed by atoms with van der Waals surface area (Å²) >= 11 is 5.61. The van der Waals surface area contributed by atoms with E-state index >= 15 is 0 Å². The third-order valence-corrected chi connectivity index (χ3v) is 5.34. The van der Waals surface area contributed by atoms with Gasteiger partial charge in [-0.05, 0) is 42.0 Å². The molecule has 8 heteroatoms. The molecular formula is C21H22FN3O3S. The Morgan fingerprint density at radius 3 is 2.62 bits per heavy atom. The zero-order chi connectivity index (χ0) is 20.2. The van der Waals surface area contributed by atoms with Crippen molar-refractivity contribution in [1.82, 2.24) is 10.2 Å². The van der Waals surface area contributed by atoms with E-state index in [2.05, 4.69) is 5.32 Å². The highest BCUT2D eigenvalue weighted by molar-refractivity contribution is 7.80. The van der Waals surface area contributed by atoms with Crippen LogP contribution < -0.4 is 15.0 Å². The summed E-state index contributed by atoms with van der Waals surface area (Å²) in [6, 6.07) is 13.8. The lowest BCUT2D eigenvalue weighted by molar-refractivity contribution is -0.142. The molecule has 0 saturated carbocycles. The third-order valence-electron chi connectivity index (χ3n) is 4.97. The molecule has 0 aromatic heterocycles. The molecule has 2 heterocycles.